The molecule has 1 aromatic heterocycles. The fourth-order valence-electron chi connectivity index (χ4n) is 2.53. The molecule has 2 rings (SSSR count). The number of H-pyrrole nitrogens is 1. The van der Waals surface area contributed by atoms with E-state index in [1.165, 1.54) is 4.31 Å². The first-order valence-corrected chi connectivity index (χ1v) is 8.86. The summed E-state index contributed by atoms with van der Waals surface area (Å²) in [7, 11) is -3.56. The highest BCUT2D eigenvalue weighted by molar-refractivity contribution is 7.89. The van der Waals surface area contributed by atoms with E-state index in [0.717, 1.165) is 6.42 Å². The molecule has 0 spiro atoms. The molecular weight excluding hydrogens is 306 g/mol. The number of urea groups is 1. The van der Waals surface area contributed by atoms with E-state index in [1.54, 1.807) is 18.7 Å². The van der Waals surface area contributed by atoms with Crippen LogP contribution in [0.5, 0.6) is 0 Å². The Bertz CT molecular complexity index is 613. The molecule has 1 aromatic rings. The van der Waals surface area contributed by atoms with E-state index in [4.69, 9.17) is 0 Å². The van der Waals surface area contributed by atoms with Crippen LogP contribution in [0.1, 0.15) is 24.7 Å². The van der Waals surface area contributed by atoms with Crippen molar-refractivity contribution in [1.82, 2.24) is 24.7 Å². The van der Waals surface area contributed by atoms with Crippen LogP contribution in [-0.4, -0.2) is 66.6 Å². The average molecular weight is 329 g/mol. The monoisotopic (exact) mass is 329 g/mol. The zero-order chi connectivity index (χ0) is 16.3. The highest BCUT2D eigenvalue weighted by Crippen LogP contribution is 2.22. The van der Waals surface area contributed by atoms with Gasteiger partial charge in [0.05, 0.1) is 11.4 Å². The number of aromatic nitrogens is 2. The summed E-state index contributed by atoms with van der Waals surface area (Å²) in [4.78, 5) is 13.8. The molecule has 8 nitrogen and oxygen atoms in total. The van der Waals surface area contributed by atoms with Crippen molar-refractivity contribution >= 4 is 16.1 Å². The third kappa shape index (κ3) is 3.25. The molecule has 0 atom stereocenters. The first-order valence-electron chi connectivity index (χ1n) is 7.42. The molecule has 2 heterocycles. The summed E-state index contributed by atoms with van der Waals surface area (Å²) in [6.45, 7) is 7.37. The minimum atomic E-state index is -3.56. The number of hydrogen-bond acceptors (Lipinski definition) is 4. The Morgan fingerprint density at radius 1 is 1.27 bits per heavy atom. The lowest BCUT2D eigenvalue weighted by atomic mass is 10.4. The average Bonchev–Trinajstić information content (AvgIpc) is 2.84. The quantitative estimate of drug-likeness (QED) is 0.838. The van der Waals surface area contributed by atoms with Gasteiger partial charge in [-0.25, -0.2) is 13.2 Å². The maximum atomic E-state index is 12.7. The van der Waals surface area contributed by atoms with Gasteiger partial charge in [-0.3, -0.25) is 5.10 Å². The van der Waals surface area contributed by atoms with E-state index in [0.29, 0.717) is 44.1 Å². The SMILES string of the molecule is CCCNC(=O)N1CCN(S(=O)(=O)c2c(C)n[nH]c2C)CC1. The number of hydrogen-bond donors (Lipinski definition) is 2. The first-order chi connectivity index (χ1) is 10.4. The van der Waals surface area contributed by atoms with Crippen molar-refractivity contribution in [2.45, 2.75) is 32.1 Å². The zero-order valence-corrected chi connectivity index (χ0v) is 14.0. The van der Waals surface area contributed by atoms with Crippen molar-refractivity contribution in [2.75, 3.05) is 32.7 Å². The van der Waals surface area contributed by atoms with Crippen molar-refractivity contribution in [2.24, 2.45) is 0 Å². The second kappa shape index (κ2) is 6.66. The fraction of sp³-hybridized carbons (Fsp3) is 0.692. The molecule has 1 saturated heterocycles. The van der Waals surface area contributed by atoms with Crippen LogP contribution in [0.4, 0.5) is 4.79 Å². The number of nitrogens with zero attached hydrogens (tertiary/aromatic N) is 3. The topological polar surface area (TPSA) is 98.4 Å². The van der Waals surface area contributed by atoms with Crippen LogP contribution in [0, 0.1) is 13.8 Å². The Labute approximate surface area is 130 Å². The molecule has 22 heavy (non-hydrogen) atoms. The van der Waals surface area contributed by atoms with Gasteiger partial charge in [0.1, 0.15) is 4.90 Å². The van der Waals surface area contributed by atoms with Crippen molar-refractivity contribution in [3.8, 4) is 0 Å². The van der Waals surface area contributed by atoms with Crippen LogP contribution in [0.25, 0.3) is 0 Å². The number of rotatable bonds is 4. The third-order valence-corrected chi connectivity index (χ3v) is 5.87. The molecule has 2 amide bonds. The number of carbonyl (C=O) groups is 1. The van der Waals surface area contributed by atoms with Crippen LogP contribution in [0.3, 0.4) is 0 Å². The van der Waals surface area contributed by atoms with Crippen LogP contribution in [-0.2, 0) is 10.0 Å². The standard InChI is InChI=1S/C13H23N5O3S/c1-4-5-14-13(19)17-6-8-18(9-7-17)22(20,21)12-10(2)15-16-11(12)3/h4-9H2,1-3H3,(H,14,19)(H,15,16). The number of sulfonamides is 1. The number of amides is 2. The Balaban J connectivity index is 2.04. The molecule has 1 fully saturated rings. The molecule has 124 valence electrons. The summed E-state index contributed by atoms with van der Waals surface area (Å²) in [6.07, 6.45) is 0.874. The number of nitrogens with one attached hydrogen (secondary N) is 2. The molecule has 0 aliphatic carbocycles. The molecule has 1 aliphatic heterocycles. The van der Waals surface area contributed by atoms with E-state index in [-0.39, 0.29) is 10.9 Å². The lowest BCUT2D eigenvalue weighted by molar-refractivity contribution is 0.172. The van der Waals surface area contributed by atoms with Crippen molar-refractivity contribution in [3.63, 3.8) is 0 Å². The van der Waals surface area contributed by atoms with Crippen LogP contribution >= 0.6 is 0 Å². The van der Waals surface area contributed by atoms with E-state index in [2.05, 4.69) is 15.5 Å². The normalized spacial score (nSPS) is 16.8. The lowest BCUT2D eigenvalue weighted by Gasteiger charge is -2.34. The predicted molar refractivity (Wildman–Crippen MR) is 82.1 cm³/mol. The van der Waals surface area contributed by atoms with Crippen LogP contribution < -0.4 is 5.32 Å². The molecule has 1 aliphatic rings. The largest absolute Gasteiger partial charge is 0.338 e. The van der Waals surface area contributed by atoms with Gasteiger partial charge in [0, 0.05) is 32.7 Å². The van der Waals surface area contributed by atoms with Gasteiger partial charge in [-0.05, 0) is 20.3 Å². The fourth-order valence-corrected chi connectivity index (χ4v) is 4.28. The minimum absolute atomic E-state index is 0.130. The minimum Gasteiger partial charge on any atom is -0.338 e. The van der Waals surface area contributed by atoms with Crippen LogP contribution in [0.15, 0.2) is 4.90 Å². The van der Waals surface area contributed by atoms with E-state index in [1.807, 2.05) is 6.92 Å². The maximum absolute atomic E-state index is 12.7. The van der Waals surface area contributed by atoms with E-state index < -0.39 is 10.0 Å². The molecule has 0 aromatic carbocycles. The molecule has 0 unspecified atom stereocenters. The van der Waals surface area contributed by atoms with Crippen molar-refractivity contribution in [1.29, 1.82) is 0 Å². The van der Waals surface area contributed by atoms with Gasteiger partial charge in [-0.2, -0.15) is 9.40 Å². The van der Waals surface area contributed by atoms with Crippen LogP contribution in [0.2, 0.25) is 0 Å². The molecule has 9 heteroatoms. The number of carbonyl (C=O) groups excluding carboxylic acids is 1. The highest BCUT2D eigenvalue weighted by Gasteiger charge is 2.33. The van der Waals surface area contributed by atoms with Gasteiger partial charge in [0.25, 0.3) is 0 Å². The summed E-state index contributed by atoms with van der Waals surface area (Å²) in [5.74, 6) is 0. The Kier molecular flexibility index (Phi) is 5.07. The Morgan fingerprint density at radius 3 is 2.41 bits per heavy atom. The van der Waals surface area contributed by atoms with E-state index >= 15 is 0 Å². The van der Waals surface area contributed by atoms with Gasteiger partial charge in [0.2, 0.25) is 10.0 Å². The summed E-state index contributed by atoms with van der Waals surface area (Å²) in [6, 6.07) is -0.130. The number of aryl methyl sites for hydroxylation is 2. The second-order valence-electron chi connectivity index (χ2n) is 5.39. The summed E-state index contributed by atoms with van der Waals surface area (Å²) >= 11 is 0. The van der Waals surface area contributed by atoms with Gasteiger partial charge in [-0.15, -0.1) is 0 Å². The number of aromatic amines is 1. The molecule has 0 radical (unpaired) electrons. The summed E-state index contributed by atoms with van der Waals surface area (Å²) in [5, 5.41) is 9.46. The number of piperazine rings is 1. The van der Waals surface area contributed by atoms with Gasteiger partial charge in [0.15, 0.2) is 0 Å². The second-order valence-corrected chi connectivity index (χ2v) is 7.26. The predicted octanol–water partition coefficient (Wildman–Crippen LogP) is 0.452. The van der Waals surface area contributed by atoms with E-state index in [9.17, 15) is 13.2 Å². The maximum Gasteiger partial charge on any atom is 0.317 e. The smallest absolute Gasteiger partial charge is 0.317 e. The Hall–Kier alpha value is -1.61. The van der Waals surface area contributed by atoms with Crippen molar-refractivity contribution < 1.29 is 13.2 Å². The zero-order valence-electron chi connectivity index (χ0n) is 13.2. The molecule has 0 saturated carbocycles. The molecule has 0 bridgehead atoms. The highest BCUT2D eigenvalue weighted by atomic mass is 32.2. The summed E-state index contributed by atoms with van der Waals surface area (Å²) < 4.78 is 26.8. The Morgan fingerprint density at radius 2 is 1.91 bits per heavy atom. The lowest BCUT2D eigenvalue weighted by Crippen LogP contribution is -2.53. The van der Waals surface area contributed by atoms with Crippen molar-refractivity contribution in [3.05, 3.63) is 11.4 Å². The third-order valence-electron chi connectivity index (χ3n) is 3.71. The molecular formula is C13H23N5O3S. The summed E-state index contributed by atoms with van der Waals surface area (Å²) in [5.41, 5.74) is 1.02. The van der Waals surface area contributed by atoms with Gasteiger partial charge < -0.3 is 10.2 Å². The van der Waals surface area contributed by atoms with Gasteiger partial charge in [-0.1, -0.05) is 6.92 Å². The van der Waals surface area contributed by atoms with Gasteiger partial charge >= 0.3 is 6.03 Å². The first kappa shape index (κ1) is 16.8. The molecule has 2 N–H and O–H groups in total.